The molecule has 4 saturated carbocycles. The monoisotopic (exact) mass is 813 g/mol. The summed E-state index contributed by atoms with van der Waals surface area (Å²) in [4.78, 5) is 13.5. The number of allylic oxidation sites excluding steroid dienone is 3. The van der Waals surface area contributed by atoms with Crippen molar-refractivity contribution in [2.45, 2.75) is 219 Å². The molecule has 6 nitrogen and oxygen atoms in total. The number of hydrogen-bond acceptors (Lipinski definition) is 6. The molecule has 320 valence electrons. The number of ketones is 1. The first kappa shape index (κ1) is 46.2. The fourth-order valence-electron chi connectivity index (χ4n) is 10.6. The van der Waals surface area contributed by atoms with Gasteiger partial charge in [0, 0.05) is 31.1 Å². The predicted molar refractivity (Wildman–Crippen MR) is 237 cm³/mol. The molecule has 0 aromatic heterocycles. The minimum atomic E-state index is -2.03. The Kier molecular flexibility index (Phi) is 14.2. The molecular formula is C48H84O6Si2. The Bertz CT molecular complexity index is 1450. The minimum absolute atomic E-state index is 0.0250. The Hall–Kier alpha value is -0.876. The lowest BCUT2D eigenvalue weighted by atomic mass is 9.60. The summed E-state index contributed by atoms with van der Waals surface area (Å²) in [6.07, 6.45) is 18.6. The van der Waals surface area contributed by atoms with Gasteiger partial charge in [0.1, 0.15) is 5.78 Å². The average Bonchev–Trinajstić information content (AvgIpc) is 3.59. The molecule has 0 spiro atoms. The van der Waals surface area contributed by atoms with E-state index in [1.165, 1.54) is 18.4 Å². The fourth-order valence-corrected chi connectivity index (χ4v) is 13.3. The number of aliphatic hydroxyl groups is 1. The molecule has 4 aliphatic carbocycles. The van der Waals surface area contributed by atoms with Crippen molar-refractivity contribution in [2.75, 3.05) is 13.2 Å². The molecule has 1 saturated heterocycles. The minimum Gasteiger partial charge on any atom is -0.413 e. The van der Waals surface area contributed by atoms with E-state index >= 15 is 0 Å². The van der Waals surface area contributed by atoms with Gasteiger partial charge in [-0.2, -0.15) is 0 Å². The average molecular weight is 813 g/mol. The molecule has 0 bridgehead atoms. The highest BCUT2D eigenvalue weighted by molar-refractivity contribution is 6.74. The second kappa shape index (κ2) is 17.2. The van der Waals surface area contributed by atoms with Gasteiger partial charge in [0.2, 0.25) is 0 Å². The number of fused-ring (bicyclic) bond motifs is 1. The summed E-state index contributed by atoms with van der Waals surface area (Å²) >= 11 is 0. The molecule has 7 atom stereocenters. The Labute approximate surface area is 345 Å². The topological polar surface area (TPSA) is 74.2 Å². The molecule has 1 heterocycles. The van der Waals surface area contributed by atoms with Gasteiger partial charge < -0.3 is 23.4 Å². The van der Waals surface area contributed by atoms with Gasteiger partial charge in [-0.3, -0.25) is 4.79 Å². The molecule has 5 fully saturated rings. The maximum Gasteiger partial charge on any atom is 0.192 e. The molecule has 0 radical (unpaired) electrons. The van der Waals surface area contributed by atoms with Crippen molar-refractivity contribution < 1.29 is 28.2 Å². The first-order valence-electron chi connectivity index (χ1n) is 22.8. The molecular weight excluding hydrogens is 729 g/mol. The Morgan fingerprint density at radius 3 is 2.18 bits per heavy atom. The lowest BCUT2D eigenvalue weighted by molar-refractivity contribution is -0.213. The Morgan fingerprint density at radius 2 is 1.59 bits per heavy atom. The third-order valence-corrected chi connectivity index (χ3v) is 25.6. The number of aliphatic hydroxyl groups excluding tert-OH is 1. The Morgan fingerprint density at radius 1 is 0.964 bits per heavy atom. The van der Waals surface area contributed by atoms with Crippen LogP contribution in [0.15, 0.2) is 35.5 Å². The normalized spacial score (nSPS) is 32.1. The van der Waals surface area contributed by atoms with E-state index in [1.807, 2.05) is 0 Å². The van der Waals surface area contributed by atoms with E-state index in [2.05, 4.69) is 101 Å². The molecule has 1 unspecified atom stereocenters. The number of carbonyl (C=O) groups is 1. The van der Waals surface area contributed by atoms with Crippen LogP contribution in [0.4, 0.5) is 0 Å². The summed E-state index contributed by atoms with van der Waals surface area (Å²) in [6, 6.07) is 0. The van der Waals surface area contributed by atoms with Gasteiger partial charge in [0.05, 0.1) is 31.5 Å². The van der Waals surface area contributed by atoms with Gasteiger partial charge >= 0.3 is 0 Å². The SMILES string of the molecule is C=C1/C(=C\C=C2/CCC[C@]3(C)[C@@H]([C@H](C)C(O)CC(=O)CCC4(C5(CCCC)OCCO5)CC4)CC[C@@H]23)C[C@@H](O[Si](C)(C)C(C)(C)C)C[C@@H]1O[Si](C)(C)C(C)(C)C. The number of unbranched alkanes of at least 4 members (excludes halogenated alkanes) is 1. The van der Waals surface area contributed by atoms with E-state index in [-0.39, 0.29) is 51.2 Å². The molecule has 0 aromatic rings. The molecule has 5 aliphatic rings. The predicted octanol–water partition coefficient (Wildman–Crippen LogP) is 12.6. The summed E-state index contributed by atoms with van der Waals surface area (Å²) in [5.74, 6) is 0.663. The van der Waals surface area contributed by atoms with Gasteiger partial charge in [-0.1, -0.05) is 93.0 Å². The standard InChI is InChI=1S/C48H84O6Si2/c1-15-16-25-48(51-29-30-52-48)47(27-28-47)26-23-38(49)32-42(50)35(3)40-21-22-41-36(18-17-24-46(40,41)10)19-20-37-31-39(53-55(11,12)44(4,5)6)33-43(34(37)2)54-56(13,14)45(7,8)9/h19-20,35,39-43,50H,2,15-18,21-33H2,1,3-14H3/b36-19+,37-20-/t35-,39+,40+,41-,42?,43-,46+/m0/s1. The van der Waals surface area contributed by atoms with Crippen molar-refractivity contribution in [1.82, 2.24) is 0 Å². The van der Waals surface area contributed by atoms with E-state index in [9.17, 15) is 9.90 Å². The van der Waals surface area contributed by atoms with Crippen LogP contribution in [-0.4, -0.2) is 64.8 Å². The highest BCUT2D eigenvalue weighted by Gasteiger charge is 2.62. The highest BCUT2D eigenvalue weighted by Crippen LogP contribution is 2.63. The van der Waals surface area contributed by atoms with Crippen LogP contribution in [0.2, 0.25) is 36.3 Å². The van der Waals surface area contributed by atoms with Crippen molar-refractivity contribution >= 4 is 22.4 Å². The van der Waals surface area contributed by atoms with E-state index in [0.717, 1.165) is 76.2 Å². The summed E-state index contributed by atoms with van der Waals surface area (Å²) in [5, 5.41) is 11.9. The number of ether oxygens (including phenoxy) is 2. The molecule has 0 aromatic carbocycles. The van der Waals surface area contributed by atoms with Crippen LogP contribution in [0.1, 0.15) is 159 Å². The molecule has 1 aliphatic heterocycles. The second-order valence-electron chi connectivity index (χ2n) is 22.4. The molecule has 56 heavy (non-hydrogen) atoms. The fraction of sp³-hybridized carbons (Fsp3) is 0.854. The largest absolute Gasteiger partial charge is 0.413 e. The summed E-state index contributed by atoms with van der Waals surface area (Å²) in [6.45, 7) is 36.3. The lowest BCUT2D eigenvalue weighted by Crippen LogP contribution is -2.49. The third kappa shape index (κ3) is 9.68. The van der Waals surface area contributed by atoms with E-state index in [0.29, 0.717) is 31.5 Å². The van der Waals surface area contributed by atoms with Gasteiger partial charge in [-0.15, -0.1) is 0 Å². The second-order valence-corrected chi connectivity index (χ2v) is 31.9. The van der Waals surface area contributed by atoms with Crippen LogP contribution in [0.5, 0.6) is 0 Å². The van der Waals surface area contributed by atoms with Crippen LogP contribution in [-0.2, 0) is 23.1 Å². The van der Waals surface area contributed by atoms with Crippen molar-refractivity contribution in [3.63, 3.8) is 0 Å². The van der Waals surface area contributed by atoms with Crippen molar-refractivity contribution in [1.29, 1.82) is 0 Å². The zero-order chi connectivity index (χ0) is 41.5. The summed E-state index contributed by atoms with van der Waals surface area (Å²) < 4.78 is 26.8. The first-order chi connectivity index (χ1) is 25.9. The van der Waals surface area contributed by atoms with E-state index < -0.39 is 28.5 Å². The Balaban J connectivity index is 1.27. The summed E-state index contributed by atoms with van der Waals surface area (Å²) in [5.41, 5.74) is 4.07. The number of carbonyl (C=O) groups excluding carboxylic acids is 1. The lowest BCUT2D eigenvalue weighted by Gasteiger charge is -2.46. The molecule has 8 heteroatoms. The molecule has 5 rings (SSSR count). The zero-order valence-electron chi connectivity index (χ0n) is 38.3. The number of Topliss-reactive ketones (excluding diaryl/α,β-unsaturated/α-hetero) is 1. The maximum atomic E-state index is 13.5. The van der Waals surface area contributed by atoms with Crippen molar-refractivity contribution in [2.24, 2.45) is 28.6 Å². The number of rotatable bonds is 16. The van der Waals surface area contributed by atoms with Crippen LogP contribution >= 0.6 is 0 Å². The van der Waals surface area contributed by atoms with Crippen LogP contribution < -0.4 is 0 Å². The first-order valence-corrected chi connectivity index (χ1v) is 28.6. The van der Waals surface area contributed by atoms with Crippen molar-refractivity contribution in [3.05, 3.63) is 35.5 Å². The molecule has 0 amide bonds. The van der Waals surface area contributed by atoms with E-state index in [1.54, 1.807) is 5.57 Å². The smallest absolute Gasteiger partial charge is 0.192 e. The summed E-state index contributed by atoms with van der Waals surface area (Å²) in [7, 11) is -4.02. The van der Waals surface area contributed by atoms with Gasteiger partial charge in [-0.05, 0) is 135 Å². The zero-order valence-corrected chi connectivity index (χ0v) is 40.3. The van der Waals surface area contributed by atoms with Gasteiger partial charge in [-0.25, -0.2) is 0 Å². The van der Waals surface area contributed by atoms with E-state index in [4.69, 9.17) is 24.9 Å². The third-order valence-electron chi connectivity index (χ3n) is 16.6. The van der Waals surface area contributed by atoms with Crippen LogP contribution in [0.3, 0.4) is 0 Å². The van der Waals surface area contributed by atoms with Crippen LogP contribution in [0, 0.1) is 28.6 Å². The van der Waals surface area contributed by atoms with Gasteiger partial charge in [0.25, 0.3) is 0 Å². The highest BCUT2D eigenvalue weighted by atomic mass is 28.4. The van der Waals surface area contributed by atoms with Crippen LogP contribution in [0.25, 0.3) is 0 Å². The number of hydrogen-bond donors (Lipinski definition) is 1. The maximum absolute atomic E-state index is 13.5. The van der Waals surface area contributed by atoms with Crippen molar-refractivity contribution in [3.8, 4) is 0 Å². The molecule has 1 N–H and O–H groups in total. The quantitative estimate of drug-likeness (QED) is 0.157. The van der Waals surface area contributed by atoms with Gasteiger partial charge in [0.15, 0.2) is 22.4 Å².